The number of halogens is 1. The zero-order valence-corrected chi connectivity index (χ0v) is 8.25. The van der Waals surface area contributed by atoms with E-state index in [0.717, 1.165) is 5.69 Å². The van der Waals surface area contributed by atoms with Gasteiger partial charge in [-0.25, -0.2) is 0 Å². The number of hydrogen-bond acceptors (Lipinski definition) is 3. The second kappa shape index (κ2) is 4.35. The van der Waals surface area contributed by atoms with E-state index < -0.39 is 0 Å². The SMILES string of the molecule is CN(CCO)c1cccc(Cl)c1N. The summed E-state index contributed by atoms with van der Waals surface area (Å²) < 4.78 is 0. The lowest BCUT2D eigenvalue weighted by Crippen LogP contribution is -2.22. The molecular weight excluding hydrogens is 188 g/mol. The highest BCUT2D eigenvalue weighted by Gasteiger charge is 2.06. The second-order valence-electron chi connectivity index (χ2n) is 2.82. The largest absolute Gasteiger partial charge is 0.396 e. The molecule has 0 saturated carbocycles. The number of anilines is 2. The predicted molar refractivity (Wildman–Crippen MR) is 56.2 cm³/mol. The first kappa shape index (κ1) is 10.2. The van der Waals surface area contributed by atoms with Gasteiger partial charge >= 0.3 is 0 Å². The molecule has 0 atom stereocenters. The standard InChI is InChI=1S/C9H13ClN2O/c1-12(5-6-13)8-4-2-3-7(10)9(8)11/h2-4,13H,5-6,11H2,1H3. The normalized spacial score (nSPS) is 10.1. The number of aliphatic hydroxyl groups excluding tert-OH is 1. The first-order chi connectivity index (χ1) is 6.16. The Balaban J connectivity index is 2.93. The van der Waals surface area contributed by atoms with E-state index in [4.69, 9.17) is 22.4 Å². The van der Waals surface area contributed by atoms with Gasteiger partial charge in [0.2, 0.25) is 0 Å². The topological polar surface area (TPSA) is 49.5 Å². The van der Waals surface area contributed by atoms with Crippen molar-refractivity contribution in [2.24, 2.45) is 0 Å². The molecule has 0 aliphatic rings. The Kier molecular flexibility index (Phi) is 3.39. The number of rotatable bonds is 3. The lowest BCUT2D eigenvalue weighted by atomic mass is 10.2. The van der Waals surface area contributed by atoms with Crippen molar-refractivity contribution in [3.8, 4) is 0 Å². The van der Waals surface area contributed by atoms with Crippen molar-refractivity contribution in [1.29, 1.82) is 0 Å². The number of hydrogen-bond donors (Lipinski definition) is 2. The van der Waals surface area contributed by atoms with E-state index in [1.807, 2.05) is 24.1 Å². The van der Waals surface area contributed by atoms with E-state index in [-0.39, 0.29) is 6.61 Å². The van der Waals surface area contributed by atoms with Gasteiger partial charge in [-0.2, -0.15) is 0 Å². The third-order valence-corrected chi connectivity index (χ3v) is 2.21. The van der Waals surface area contributed by atoms with E-state index in [0.29, 0.717) is 17.3 Å². The average Bonchev–Trinajstić information content (AvgIpc) is 2.10. The molecule has 0 aromatic heterocycles. The molecule has 13 heavy (non-hydrogen) atoms. The number of para-hydroxylation sites is 1. The summed E-state index contributed by atoms with van der Waals surface area (Å²) in [6.07, 6.45) is 0. The van der Waals surface area contributed by atoms with Crippen LogP contribution in [-0.4, -0.2) is 25.3 Å². The molecule has 0 unspecified atom stereocenters. The van der Waals surface area contributed by atoms with Crippen LogP contribution >= 0.6 is 11.6 Å². The molecule has 4 heteroatoms. The zero-order chi connectivity index (χ0) is 9.84. The van der Waals surface area contributed by atoms with Gasteiger partial charge in [-0.15, -0.1) is 0 Å². The maximum Gasteiger partial charge on any atom is 0.0741 e. The van der Waals surface area contributed by atoms with Crippen LogP contribution in [0.15, 0.2) is 18.2 Å². The first-order valence-electron chi connectivity index (χ1n) is 4.02. The number of nitrogens with zero attached hydrogens (tertiary/aromatic N) is 1. The molecule has 1 rings (SSSR count). The molecule has 1 aromatic rings. The van der Waals surface area contributed by atoms with Crippen LogP contribution in [-0.2, 0) is 0 Å². The van der Waals surface area contributed by atoms with Crippen molar-refractivity contribution in [3.63, 3.8) is 0 Å². The van der Waals surface area contributed by atoms with E-state index in [2.05, 4.69) is 0 Å². The van der Waals surface area contributed by atoms with Crippen LogP contribution in [0.4, 0.5) is 11.4 Å². The Morgan fingerprint density at radius 3 is 2.85 bits per heavy atom. The summed E-state index contributed by atoms with van der Waals surface area (Å²) in [7, 11) is 1.86. The number of nitrogens with two attached hydrogens (primary N) is 1. The van der Waals surface area contributed by atoms with Crippen LogP contribution in [0, 0.1) is 0 Å². The van der Waals surface area contributed by atoms with Crippen LogP contribution in [0.3, 0.4) is 0 Å². The van der Waals surface area contributed by atoms with Crippen LogP contribution < -0.4 is 10.6 Å². The molecule has 0 bridgehead atoms. The van der Waals surface area contributed by atoms with Gasteiger partial charge in [0, 0.05) is 13.6 Å². The van der Waals surface area contributed by atoms with Crippen LogP contribution in [0.1, 0.15) is 0 Å². The molecule has 3 N–H and O–H groups in total. The van der Waals surface area contributed by atoms with Crippen molar-refractivity contribution in [2.45, 2.75) is 0 Å². The maximum atomic E-state index is 8.74. The van der Waals surface area contributed by atoms with E-state index in [9.17, 15) is 0 Å². The molecule has 0 aliphatic carbocycles. The number of nitrogen functional groups attached to an aromatic ring is 1. The molecule has 0 aliphatic heterocycles. The zero-order valence-electron chi connectivity index (χ0n) is 7.50. The Bertz CT molecular complexity index is 291. The lowest BCUT2D eigenvalue weighted by molar-refractivity contribution is 0.304. The van der Waals surface area contributed by atoms with Gasteiger partial charge in [-0.1, -0.05) is 17.7 Å². The quantitative estimate of drug-likeness (QED) is 0.725. The number of aliphatic hydroxyl groups is 1. The molecule has 0 fully saturated rings. The molecule has 0 saturated heterocycles. The Morgan fingerprint density at radius 1 is 1.54 bits per heavy atom. The summed E-state index contributed by atoms with van der Waals surface area (Å²) in [5.41, 5.74) is 7.16. The van der Waals surface area contributed by atoms with E-state index in [1.54, 1.807) is 6.07 Å². The highest BCUT2D eigenvalue weighted by Crippen LogP contribution is 2.28. The molecule has 0 heterocycles. The second-order valence-corrected chi connectivity index (χ2v) is 3.22. The van der Waals surface area contributed by atoms with Crippen molar-refractivity contribution >= 4 is 23.0 Å². The molecule has 1 aromatic carbocycles. The van der Waals surface area contributed by atoms with Crippen LogP contribution in [0.5, 0.6) is 0 Å². The molecule has 0 spiro atoms. The summed E-state index contributed by atoms with van der Waals surface area (Å²) in [5, 5.41) is 9.29. The number of benzene rings is 1. The minimum Gasteiger partial charge on any atom is -0.396 e. The van der Waals surface area contributed by atoms with Gasteiger partial charge in [-0.05, 0) is 12.1 Å². The average molecular weight is 201 g/mol. The fraction of sp³-hybridized carbons (Fsp3) is 0.333. The third kappa shape index (κ3) is 2.26. The molecular formula is C9H13ClN2O. The first-order valence-corrected chi connectivity index (χ1v) is 4.40. The highest BCUT2D eigenvalue weighted by molar-refractivity contribution is 6.33. The van der Waals surface area contributed by atoms with Gasteiger partial charge in [0.25, 0.3) is 0 Å². The van der Waals surface area contributed by atoms with E-state index >= 15 is 0 Å². The molecule has 3 nitrogen and oxygen atoms in total. The summed E-state index contributed by atoms with van der Waals surface area (Å²) in [4.78, 5) is 1.86. The smallest absolute Gasteiger partial charge is 0.0741 e. The lowest BCUT2D eigenvalue weighted by Gasteiger charge is -2.20. The van der Waals surface area contributed by atoms with Gasteiger partial charge in [0.05, 0.1) is 23.0 Å². The fourth-order valence-electron chi connectivity index (χ4n) is 1.13. The van der Waals surface area contributed by atoms with Crippen molar-refractivity contribution in [3.05, 3.63) is 23.2 Å². The monoisotopic (exact) mass is 200 g/mol. The number of likely N-dealkylation sites (N-methyl/N-ethyl adjacent to an activating group) is 1. The summed E-state index contributed by atoms with van der Waals surface area (Å²) in [6.45, 7) is 0.646. The fourth-order valence-corrected chi connectivity index (χ4v) is 1.30. The Labute approximate surface area is 82.7 Å². The van der Waals surface area contributed by atoms with Gasteiger partial charge in [0.1, 0.15) is 0 Å². The van der Waals surface area contributed by atoms with Crippen molar-refractivity contribution < 1.29 is 5.11 Å². The predicted octanol–water partition coefficient (Wildman–Crippen LogP) is 1.35. The Hall–Kier alpha value is -0.930. The van der Waals surface area contributed by atoms with Gasteiger partial charge < -0.3 is 15.7 Å². The molecule has 0 radical (unpaired) electrons. The minimum absolute atomic E-state index is 0.0997. The molecule has 72 valence electrons. The highest BCUT2D eigenvalue weighted by atomic mass is 35.5. The van der Waals surface area contributed by atoms with E-state index in [1.165, 1.54) is 0 Å². The third-order valence-electron chi connectivity index (χ3n) is 1.88. The van der Waals surface area contributed by atoms with Gasteiger partial charge in [-0.3, -0.25) is 0 Å². The van der Waals surface area contributed by atoms with Crippen LogP contribution in [0.2, 0.25) is 5.02 Å². The van der Waals surface area contributed by atoms with Crippen LogP contribution in [0.25, 0.3) is 0 Å². The van der Waals surface area contributed by atoms with Crippen molar-refractivity contribution in [2.75, 3.05) is 30.8 Å². The summed E-state index contributed by atoms with van der Waals surface area (Å²) in [6, 6.07) is 5.45. The molecule has 0 amide bonds. The minimum atomic E-state index is 0.0997. The summed E-state index contributed by atoms with van der Waals surface area (Å²) in [5.74, 6) is 0. The summed E-state index contributed by atoms with van der Waals surface area (Å²) >= 11 is 5.84. The maximum absolute atomic E-state index is 8.74. The van der Waals surface area contributed by atoms with Crippen molar-refractivity contribution in [1.82, 2.24) is 0 Å². The Morgan fingerprint density at radius 2 is 2.23 bits per heavy atom. The van der Waals surface area contributed by atoms with Gasteiger partial charge in [0.15, 0.2) is 0 Å².